The third-order valence-electron chi connectivity index (χ3n) is 4.18. The Morgan fingerprint density at radius 1 is 1.33 bits per heavy atom. The van der Waals surface area contributed by atoms with Crippen molar-refractivity contribution in [2.24, 2.45) is 0 Å². The Hall–Kier alpha value is -1.96. The van der Waals surface area contributed by atoms with Crippen LogP contribution in [-0.4, -0.2) is 24.0 Å². The van der Waals surface area contributed by atoms with Gasteiger partial charge < -0.3 is 15.4 Å². The number of aromatic nitrogens is 1. The van der Waals surface area contributed by atoms with Crippen LogP contribution in [-0.2, 0) is 24.3 Å². The molecule has 3 rings (SSSR count). The van der Waals surface area contributed by atoms with Gasteiger partial charge in [-0.2, -0.15) is 0 Å². The molecule has 0 unspecified atom stereocenters. The summed E-state index contributed by atoms with van der Waals surface area (Å²) in [7, 11) is 0. The largest absolute Gasteiger partial charge is 0.481 e. The van der Waals surface area contributed by atoms with Gasteiger partial charge in [0.15, 0.2) is 18.2 Å². The van der Waals surface area contributed by atoms with E-state index in [-0.39, 0.29) is 43.1 Å². The third kappa shape index (κ3) is 5.76. The molecule has 148 valence electrons. The first kappa shape index (κ1) is 23.1. The van der Waals surface area contributed by atoms with Gasteiger partial charge in [0, 0.05) is 31.0 Å². The highest BCUT2D eigenvalue weighted by atomic mass is 35.5. The fourth-order valence-electron chi connectivity index (χ4n) is 2.85. The van der Waals surface area contributed by atoms with Crippen molar-refractivity contribution in [2.45, 2.75) is 26.4 Å². The monoisotopic (exact) mass is 419 g/mol. The number of hydrogen-bond donors (Lipinski definition) is 2. The number of halogens is 4. The summed E-state index contributed by atoms with van der Waals surface area (Å²) >= 11 is 0. The number of ether oxygens (including phenoxy) is 1. The second-order valence-corrected chi connectivity index (χ2v) is 5.89. The van der Waals surface area contributed by atoms with Gasteiger partial charge in [0.1, 0.15) is 5.82 Å². The van der Waals surface area contributed by atoms with Crippen molar-refractivity contribution in [3.8, 4) is 5.75 Å². The molecule has 1 amide bonds. The number of hydrogen-bond acceptors (Lipinski definition) is 4. The van der Waals surface area contributed by atoms with Crippen LogP contribution in [0.4, 0.5) is 8.78 Å². The van der Waals surface area contributed by atoms with Crippen LogP contribution >= 0.6 is 24.8 Å². The Bertz CT molecular complexity index is 806. The number of amides is 1. The zero-order chi connectivity index (χ0) is 17.8. The zero-order valence-corrected chi connectivity index (χ0v) is 16.3. The molecule has 0 fully saturated rings. The maximum atomic E-state index is 13.5. The maximum Gasteiger partial charge on any atom is 0.258 e. The van der Waals surface area contributed by atoms with E-state index in [1.54, 1.807) is 0 Å². The molecule has 0 aliphatic carbocycles. The SMILES string of the molecule is Cc1ncc2c(c1CNC(=O)COc1ccc(F)cc1F)CCNC2.Cl.Cl. The fourth-order valence-corrected chi connectivity index (χ4v) is 2.85. The first-order valence-electron chi connectivity index (χ1n) is 8.06. The van der Waals surface area contributed by atoms with Crippen molar-refractivity contribution in [3.63, 3.8) is 0 Å². The van der Waals surface area contributed by atoms with Gasteiger partial charge in [0.05, 0.1) is 0 Å². The van der Waals surface area contributed by atoms with Gasteiger partial charge in [0.25, 0.3) is 5.91 Å². The van der Waals surface area contributed by atoms with E-state index >= 15 is 0 Å². The summed E-state index contributed by atoms with van der Waals surface area (Å²) in [5.41, 5.74) is 4.26. The molecule has 0 radical (unpaired) electrons. The summed E-state index contributed by atoms with van der Waals surface area (Å²) in [4.78, 5) is 16.4. The molecule has 9 heteroatoms. The standard InChI is InChI=1S/C18H19F2N3O2.2ClH/c1-11-15(14-4-5-21-7-12(14)8-22-11)9-23-18(24)10-25-17-3-2-13(19)6-16(17)20;;/h2-3,6,8,21H,4-5,7,9-10H2,1H3,(H,23,24);2*1H. The summed E-state index contributed by atoms with van der Waals surface area (Å²) in [6.45, 7) is 3.58. The third-order valence-corrected chi connectivity index (χ3v) is 4.18. The van der Waals surface area contributed by atoms with Crippen molar-refractivity contribution in [3.05, 3.63) is 58.4 Å². The van der Waals surface area contributed by atoms with Gasteiger partial charge in [-0.3, -0.25) is 9.78 Å². The molecule has 1 aromatic carbocycles. The van der Waals surface area contributed by atoms with Crippen molar-refractivity contribution in [1.82, 2.24) is 15.6 Å². The second-order valence-electron chi connectivity index (χ2n) is 5.89. The number of fused-ring (bicyclic) bond motifs is 1. The van der Waals surface area contributed by atoms with E-state index in [0.717, 1.165) is 48.5 Å². The van der Waals surface area contributed by atoms with Crippen LogP contribution in [0.3, 0.4) is 0 Å². The number of aryl methyl sites for hydroxylation is 1. The molecule has 0 atom stereocenters. The summed E-state index contributed by atoms with van der Waals surface area (Å²) in [6.07, 6.45) is 2.75. The molecule has 0 saturated carbocycles. The minimum atomic E-state index is -0.836. The summed E-state index contributed by atoms with van der Waals surface area (Å²) < 4.78 is 31.4. The zero-order valence-electron chi connectivity index (χ0n) is 14.7. The highest BCUT2D eigenvalue weighted by Crippen LogP contribution is 2.20. The average molecular weight is 420 g/mol. The van der Waals surface area contributed by atoms with Crippen LogP contribution in [0.15, 0.2) is 24.4 Å². The predicted octanol–water partition coefficient (Wildman–Crippen LogP) is 2.85. The van der Waals surface area contributed by atoms with Crippen LogP contribution in [0.1, 0.15) is 22.4 Å². The smallest absolute Gasteiger partial charge is 0.258 e. The summed E-state index contributed by atoms with van der Waals surface area (Å²) in [5.74, 6) is -2.06. The lowest BCUT2D eigenvalue weighted by Gasteiger charge is -2.21. The maximum absolute atomic E-state index is 13.5. The van der Waals surface area contributed by atoms with E-state index in [2.05, 4.69) is 15.6 Å². The molecule has 5 nitrogen and oxygen atoms in total. The highest BCUT2D eigenvalue weighted by molar-refractivity contribution is 5.85. The normalized spacial score (nSPS) is 12.3. The lowest BCUT2D eigenvalue weighted by molar-refractivity contribution is -0.123. The van der Waals surface area contributed by atoms with E-state index in [4.69, 9.17) is 4.74 Å². The Labute approximate surface area is 168 Å². The van der Waals surface area contributed by atoms with Crippen LogP contribution in [0.5, 0.6) is 5.75 Å². The van der Waals surface area contributed by atoms with Crippen LogP contribution in [0, 0.1) is 18.6 Å². The van der Waals surface area contributed by atoms with Gasteiger partial charge in [-0.05, 0) is 48.7 Å². The molecule has 27 heavy (non-hydrogen) atoms. The van der Waals surface area contributed by atoms with Gasteiger partial charge >= 0.3 is 0 Å². The number of carbonyl (C=O) groups excluding carboxylic acids is 1. The molecular formula is C18H21Cl2F2N3O2. The topological polar surface area (TPSA) is 63.2 Å². The molecule has 0 spiro atoms. The molecule has 0 saturated heterocycles. The van der Waals surface area contributed by atoms with Crippen molar-refractivity contribution in [2.75, 3.05) is 13.2 Å². The predicted molar refractivity (Wildman–Crippen MR) is 103 cm³/mol. The minimum Gasteiger partial charge on any atom is -0.481 e. The quantitative estimate of drug-likeness (QED) is 0.781. The molecule has 1 aliphatic rings. The first-order chi connectivity index (χ1) is 12.0. The molecule has 1 aromatic heterocycles. The van der Waals surface area contributed by atoms with Crippen LogP contribution in [0.2, 0.25) is 0 Å². The Morgan fingerprint density at radius 2 is 2.11 bits per heavy atom. The highest BCUT2D eigenvalue weighted by Gasteiger charge is 2.16. The van der Waals surface area contributed by atoms with E-state index in [1.807, 2.05) is 13.1 Å². The lowest BCUT2D eigenvalue weighted by Crippen LogP contribution is -2.31. The summed E-state index contributed by atoms with van der Waals surface area (Å²) in [5, 5.41) is 6.06. The lowest BCUT2D eigenvalue weighted by atomic mass is 9.96. The molecule has 1 aliphatic heterocycles. The van der Waals surface area contributed by atoms with Gasteiger partial charge in [-0.25, -0.2) is 8.78 Å². The number of carbonyl (C=O) groups is 1. The number of nitrogens with zero attached hydrogens (tertiary/aromatic N) is 1. The molecule has 2 N–H and O–H groups in total. The number of rotatable bonds is 5. The van der Waals surface area contributed by atoms with Crippen LogP contribution in [0.25, 0.3) is 0 Å². The van der Waals surface area contributed by atoms with Gasteiger partial charge in [-0.1, -0.05) is 0 Å². The van der Waals surface area contributed by atoms with E-state index in [9.17, 15) is 13.6 Å². The number of benzene rings is 1. The molecule has 2 heterocycles. The molecular weight excluding hydrogens is 399 g/mol. The fraction of sp³-hybridized carbons (Fsp3) is 0.333. The van der Waals surface area contributed by atoms with Crippen molar-refractivity contribution >= 4 is 30.7 Å². The van der Waals surface area contributed by atoms with Crippen LogP contribution < -0.4 is 15.4 Å². The number of pyridine rings is 1. The van der Waals surface area contributed by atoms with Gasteiger partial charge in [-0.15, -0.1) is 24.8 Å². The summed E-state index contributed by atoms with van der Waals surface area (Å²) in [6, 6.07) is 2.95. The minimum absolute atomic E-state index is 0. The van der Waals surface area contributed by atoms with Gasteiger partial charge in [0.2, 0.25) is 0 Å². The number of nitrogens with one attached hydrogen (secondary N) is 2. The van der Waals surface area contributed by atoms with Crippen molar-refractivity contribution in [1.29, 1.82) is 0 Å². The average Bonchev–Trinajstić information content (AvgIpc) is 2.60. The second kappa shape index (κ2) is 10.4. The van der Waals surface area contributed by atoms with E-state index in [0.29, 0.717) is 12.6 Å². The Kier molecular flexibility index (Phi) is 8.88. The van der Waals surface area contributed by atoms with E-state index < -0.39 is 11.6 Å². The molecule has 0 bridgehead atoms. The Balaban J connectivity index is 0.00000182. The molecule has 2 aromatic rings. The van der Waals surface area contributed by atoms with Crippen molar-refractivity contribution < 1.29 is 18.3 Å². The Morgan fingerprint density at radius 3 is 2.85 bits per heavy atom. The first-order valence-corrected chi connectivity index (χ1v) is 8.06. The van der Waals surface area contributed by atoms with E-state index in [1.165, 1.54) is 5.56 Å².